The summed E-state index contributed by atoms with van der Waals surface area (Å²) in [6.07, 6.45) is 13.6. The van der Waals surface area contributed by atoms with Gasteiger partial charge >= 0.3 is 11.9 Å². The Bertz CT molecular complexity index is 1390. The van der Waals surface area contributed by atoms with Gasteiger partial charge in [0.1, 0.15) is 11.9 Å². The highest BCUT2D eigenvalue weighted by molar-refractivity contribution is 5.87. The van der Waals surface area contributed by atoms with E-state index in [0.717, 1.165) is 50.5 Å². The van der Waals surface area contributed by atoms with Crippen molar-refractivity contribution in [3.63, 3.8) is 0 Å². The number of allylic oxidation sites excluding steroid dienone is 2. The first-order valence-electron chi connectivity index (χ1n) is 17.4. The molecule has 0 heterocycles. The number of rotatable bonds is 5. The number of carboxylic acids is 1. The highest BCUT2D eigenvalue weighted by atomic mass is 16.5. The van der Waals surface area contributed by atoms with Crippen molar-refractivity contribution in [1.29, 1.82) is 0 Å². The standard InChI is InChI=1S/C39H54O6/c1-24-26(23-40)15-20-39(34(43)44)22-21-37(5)28(33(24)39)12-13-30-36(4)18-17-31(35(2,3)29(36)16-19-38(30,37)6)45-32(42)14-9-25-7-10-27(41)11-8-25/h7-12,14,24,26,29-31,33,40-41H,13,15-23H2,1-6H3,(H,43,44). The number of fused-ring (bicyclic) bond motifs is 7. The van der Waals surface area contributed by atoms with Crippen LogP contribution >= 0.6 is 0 Å². The Morgan fingerprint density at radius 1 is 0.933 bits per heavy atom. The van der Waals surface area contributed by atoms with Crippen molar-refractivity contribution < 1.29 is 29.6 Å². The summed E-state index contributed by atoms with van der Waals surface area (Å²) in [5.41, 5.74) is 1.36. The molecule has 45 heavy (non-hydrogen) atoms. The molecule has 0 aliphatic heterocycles. The van der Waals surface area contributed by atoms with E-state index in [0.29, 0.717) is 24.7 Å². The molecule has 0 amide bonds. The van der Waals surface area contributed by atoms with Gasteiger partial charge in [0.15, 0.2) is 0 Å². The number of carbonyl (C=O) groups is 2. The Kier molecular flexibility index (Phi) is 7.90. The number of aromatic hydroxyl groups is 1. The lowest BCUT2D eigenvalue weighted by Gasteiger charge is -2.71. The normalized spacial score (nSPS) is 43.7. The number of benzene rings is 1. The fraction of sp³-hybridized carbons (Fsp3) is 0.692. The number of hydrogen-bond donors (Lipinski definition) is 3. The van der Waals surface area contributed by atoms with Gasteiger partial charge < -0.3 is 20.1 Å². The molecule has 10 atom stereocenters. The molecule has 3 N–H and O–H groups in total. The summed E-state index contributed by atoms with van der Waals surface area (Å²) < 4.78 is 6.18. The molecule has 4 fully saturated rings. The van der Waals surface area contributed by atoms with Crippen LogP contribution in [0.5, 0.6) is 5.75 Å². The molecule has 6 nitrogen and oxygen atoms in total. The third-order valence-corrected chi connectivity index (χ3v) is 14.9. The minimum atomic E-state index is -0.721. The summed E-state index contributed by atoms with van der Waals surface area (Å²) in [5.74, 6) is 0.369. The van der Waals surface area contributed by atoms with Crippen LogP contribution in [-0.4, -0.2) is 40.0 Å². The highest BCUT2D eigenvalue weighted by Crippen LogP contribution is 2.75. The van der Waals surface area contributed by atoms with Crippen molar-refractivity contribution in [2.24, 2.45) is 56.7 Å². The Labute approximate surface area is 269 Å². The van der Waals surface area contributed by atoms with Crippen LogP contribution in [0.4, 0.5) is 0 Å². The zero-order chi connectivity index (χ0) is 32.6. The van der Waals surface area contributed by atoms with Gasteiger partial charge in [0, 0.05) is 18.1 Å². The van der Waals surface area contributed by atoms with E-state index < -0.39 is 11.4 Å². The van der Waals surface area contributed by atoms with E-state index in [1.54, 1.807) is 30.3 Å². The van der Waals surface area contributed by atoms with Gasteiger partial charge in [-0.3, -0.25) is 4.79 Å². The van der Waals surface area contributed by atoms with Crippen LogP contribution in [0.2, 0.25) is 0 Å². The number of esters is 1. The zero-order valence-electron chi connectivity index (χ0n) is 28.1. The van der Waals surface area contributed by atoms with E-state index in [9.17, 15) is 24.9 Å². The summed E-state index contributed by atoms with van der Waals surface area (Å²) in [4.78, 5) is 26.0. The van der Waals surface area contributed by atoms with E-state index >= 15 is 0 Å². The molecule has 4 saturated carbocycles. The number of ether oxygens (including phenoxy) is 1. The van der Waals surface area contributed by atoms with Crippen LogP contribution in [0.1, 0.15) is 105 Å². The molecular formula is C39H54O6. The summed E-state index contributed by atoms with van der Waals surface area (Å²) in [5, 5.41) is 30.5. The maximum atomic E-state index is 13.0. The molecule has 1 aromatic rings. The molecule has 0 spiro atoms. The van der Waals surface area contributed by atoms with Gasteiger partial charge in [-0.15, -0.1) is 0 Å². The molecule has 5 aliphatic rings. The van der Waals surface area contributed by atoms with Crippen LogP contribution in [0.25, 0.3) is 6.08 Å². The van der Waals surface area contributed by atoms with E-state index in [1.807, 2.05) is 0 Å². The summed E-state index contributed by atoms with van der Waals surface area (Å²) in [6, 6.07) is 6.75. The molecular weight excluding hydrogens is 564 g/mol. The fourth-order valence-corrected chi connectivity index (χ4v) is 12.1. The maximum absolute atomic E-state index is 13.0. The predicted molar refractivity (Wildman–Crippen MR) is 175 cm³/mol. The van der Waals surface area contributed by atoms with Crippen LogP contribution in [-0.2, 0) is 14.3 Å². The molecule has 6 heteroatoms. The number of phenolic OH excluding ortho intramolecular Hbond substituents is 1. The van der Waals surface area contributed by atoms with Crippen LogP contribution in [0.3, 0.4) is 0 Å². The Morgan fingerprint density at radius 2 is 1.64 bits per heavy atom. The van der Waals surface area contributed by atoms with E-state index in [4.69, 9.17) is 4.74 Å². The van der Waals surface area contributed by atoms with Crippen LogP contribution in [0, 0.1) is 56.7 Å². The number of phenols is 1. The second kappa shape index (κ2) is 11.0. The molecule has 0 aromatic heterocycles. The minimum absolute atomic E-state index is 0.0239. The first kappa shape index (κ1) is 32.3. The Hall–Kier alpha value is -2.60. The predicted octanol–water partition coefficient (Wildman–Crippen LogP) is 8.03. The van der Waals surface area contributed by atoms with Crippen molar-refractivity contribution in [2.45, 2.75) is 105 Å². The van der Waals surface area contributed by atoms with E-state index in [2.05, 4.69) is 47.6 Å². The third-order valence-electron chi connectivity index (χ3n) is 14.9. The number of aliphatic hydroxyl groups is 1. The average Bonchev–Trinajstić information content (AvgIpc) is 2.98. The molecule has 246 valence electrons. The van der Waals surface area contributed by atoms with Crippen molar-refractivity contribution in [1.82, 2.24) is 0 Å². The second-order valence-corrected chi connectivity index (χ2v) is 16.8. The first-order chi connectivity index (χ1) is 21.1. The maximum Gasteiger partial charge on any atom is 0.331 e. The quantitative estimate of drug-likeness (QED) is 0.175. The summed E-state index contributed by atoms with van der Waals surface area (Å²) >= 11 is 0. The SMILES string of the molecule is CC1C(CO)CCC2(C(=O)O)CCC3(C)C(=CCC4C5(C)CCC(OC(=O)C=Cc6ccc(O)cc6)C(C)(C)C5CCC43C)C12. The van der Waals surface area contributed by atoms with Gasteiger partial charge in [-0.05, 0) is 127 Å². The number of carboxylic acid groups (broad SMARTS) is 1. The Balaban J connectivity index is 1.27. The third kappa shape index (κ3) is 4.66. The minimum Gasteiger partial charge on any atom is -0.508 e. The first-order valence-corrected chi connectivity index (χ1v) is 17.4. The number of carbonyl (C=O) groups excluding carboxylic acids is 1. The van der Waals surface area contributed by atoms with Gasteiger partial charge in [-0.1, -0.05) is 65.3 Å². The lowest BCUT2D eigenvalue weighted by Crippen LogP contribution is -2.65. The summed E-state index contributed by atoms with van der Waals surface area (Å²) in [6.45, 7) is 14.4. The molecule has 6 rings (SSSR count). The monoisotopic (exact) mass is 618 g/mol. The van der Waals surface area contributed by atoms with Crippen molar-refractivity contribution in [3.8, 4) is 5.75 Å². The van der Waals surface area contributed by atoms with Gasteiger partial charge in [-0.25, -0.2) is 4.79 Å². The molecule has 10 unspecified atom stereocenters. The second-order valence-electron chi connectivity index (χ2n) is 16.8. The fourth-order valence-electron chi connectivity index (χ4n) is 12.1. The van der Waals surface area contributed by atoms with Crippen molar-refractivity contribution in [3.05, 3.63) is 47.6 Å². The molecule has 0 bridgehead atoms. The van der Waals surface area contributed by atoms with Gasteiger partial charge in [-0.2, -0.15) is 0 Å². The molecule has 5 aliphatic carbocycles. The number of aliphatic hydroxyl groups excluding tert-OH is 1. The van der Waals surface area contributed by atoms with E-state index in [-0.39, 0.29) is 63.8 Å². The topological polar surface area (TPSA) is 104 Å². The van der Waals surface area contributed by atoms with Gasteiger partial charge in [0.05, 0.1) is 5.41 Å². The number of aliphatic carboxylic acids is 1. The molecule has 1 aromatic carbocycles. The highest BCUT2D eigenvalue weighted by Gasteiger charge is 2.69. The zero-order valence-corrected chi connectivity index (χ0v) is 28.1. The average molecular weight is 619 g/mol. The largest absolute Gasteiger partial charge is 0.508 e. The van der Waals surface area contributed by atoms with Crippen molar-refractivity contribution >= 4 is 18.0 Å². The van der Waals surface area contributed by atoms with Crippen molar-refractivity contribution in [2.75, 3.05) is 6.61 Å². The van der Waals surface area contributed by atoms with Gasteiger partial charge in [0.2, 0.25) is 0 Å². The van der Waals surface area contributed by atoms with Gasteiger partial charge in [0.25, 0.3) is 0 Å². The van der Waals surface area contributed by atoms with Crippen LogP contribution in [0.15, 0.2) is 42.0 Å². The lowest BCUT2D eigenvalue weighted by molar-refractivity contribution is -0.213. The molecule has 0 radical (unpaired) electrons. The van der Waals surface area contributed by atoms with E-state index in [1.165, 1.54) is 11.6 Å². The summed E-state index contributed by atoms with van der Waals surface area (Å²) in [7, 11) is 0. The lowest BCUT2D eigenvalue weighted by atomic mass is 9.33. The van der Waals surface area contributed by atoms with Crippen LogP contribution < -0.4 is 0 Å². The smallest absolute Gasteiger partial charge is 0.331 e. The Morgan fingerprint density at radius 3 is 2.31 bits per heavy atom. The molecule has 0 saturated heterocycles. The number of hydrogen-bond acceptors (Lipinski definition) is 5.